The van der Waals surface area contributed by atoms with Gasteiger partial charge in [-0.15, -0.1) is 0 Å². The number of Topliss-reactive ketones (excluding diaryl/α,β-unsaturated/α-hetero) is 1. The van der Waals surface area contributed by atoms with Gasteiger partial charge in [-0.2, -0.15) is 21.6 Å². The maximum atomic E-state index is 12.5. The minimum atomic E-state index is -5.47. The smallest absolute Gasteiger partial charge is 0.338 e. The molecule has 0 saturated carbocycles. The van der Waals surface area contributed by atoms with Crippen LogP contribution in [0.2, 0.25) is 0 Å². The largest absolute Gasteiger partial charge is 0.516 e. The Kier molecular flexibility index (Phi) is 6.01. The molecule has 0 aliphatic heterocycles. The highest BCUT2D eigenvalue weighted by Crippen LogP contribution is 2.28. The molecule has 0 atom stereocenters. The van der Waals surface area contributed by atoms with Gasteiger partial charge in [-0.25, -0.2) is 4.98 Å². The maximum absolute atomic E-state index is 12.5. The van der Waals surface area contributed by atoms with Crippen molar-refractivity contribution in [3.8, 4) is 11.1 Å². The zero-order chi connectivity index (χ0) is 24.5. The van der Waals surface area contributed by atoms with Crippen molar-refractivity contribution in [2.24, 2.45) is 0 Å². The van der Waals surface area contributed by atoms with Crippen molar-refractivity contribution >= 4 is 44.7 Å². The number of benzene rings is 3. The number of aromatic amines is 1. The number of nitrogens with zero attached hydrogens (tertiary/aromatic N) is 1. The summed E-state index contributed by atoms with van der Waals surface area (Å²) in [6, 6.07) is 18.4. The Morgan fingerprint density at radius 2 is 1.71 bits per heavy atom. The Labute approximate surface area is 193 Å². The molecule has 0 saturated heterocycles. The van der Waals surface area contributed by atoms with Crippen molar-refractivity contribution in [3.63, 3.8) is 0 Å². The Balaban J connectivity index is 1.54. The van der Waals surface area contributed by atoms with Crippen LogP contribution in [0.3, 0.4) is 0 Å². The lowest BCUT2D eigenvalue weighted by molar-refractivity contribution is -0.0429. The number of halogens is 3. The van der Waals surface area contributed by atoms with E-state index in [0.717, 1.165) is 22.2 Å². The first-order valence-electron chi connectivity index (χ1n) is 10.0. The summed E-state index contributed by atoms with van der Waals surface area (Å²) in [7, 11) is -5.47. The summed E-state index contributed by atoms with van der Waals surface area (Å²) >= 11 is 0. The zero-order valence-electron chi connectivity index (χ0n) is 17.7. The number of ketones is 1. The van der Waals surface area contributed by atoms with Gasteiger partial charge in [0.05, 0.1) is 11.0 Å². The van der Waals surface area contributed by atoms with E-state index in [1.54, 1.807) is 18.2 Å². The first-order valence-corrected chi connectivity index (χ1v) is 11.5. The van der Waals surface area contributed by atoms with E-state index in [2.05, 4.69) is 9.97 Å². The number of carbonyl (C=O) groups excluding carboxylic acids is 1. The SMILES string of the molecule is CC(=O)c1ccccc1-c1ccc2nc(C=Cc3ccc(NS(=O)(=O)C(F)(F)F)cc3)[nH]c2c1. The summed E-state index contributed by atoms with van der Waals surface area (Å²) in [6.07, 6.45) is 3.38. The van der Waals surface area contributed by atoms with E-state index in [9.17, 15) is 26.4 Å². The zero-order valence-corrected chi connectivity index (χ0v) is 18.5. The van der Waals surface area contributed by atoms with Crippen LogP contribution in [0.15, 0.2) is 66.7 Å². The van der Waals surface area contributed by atoms with Crippen LogP contribution in [0.4, 0.5) is 18.9 Å². The van der Waals surface area contributed by atoms with E-state index >= 15 is 0 Å². The van der Waals surface area contributed by atoms with E-state index in [-0.39, 0.29) is 11.5 Å². The number of sulfonamides is 1. The monoisotopic (exact) mass is 485 g/mol. The molecule has 0 spiro atoms. The molecule has 0 amide bonds. The Bertz CT molecular complexity index is 1510. The van der Waals surface area contributed by atoms with Crippen molar-refractivity contribution in [2.45, 2.75) is 12.4 Å². The molecule has 3 aromatic carbocycles. The molecular weight excluding hydrogens is 467 g/mol. The Morgan fingerprint density at radius 1 is 1.00 bits per heavy atom. The summed E-state index contributed by atoms with van der Waals surface area (Å²) in [5.74, 6) is 0.523. The number of alkyl halides is 3. The molecule has 1 aromatic heterocycles. The molecule has 4 rings (SSSR count). The minimum Gasteiger partial charge on any atom is -0.338 e. The van der Waals surface area contributed by atoms with Crippen molar-refractivity contribution < 1.29 is 26.4 Å². The molecule has 0 radical (unpaired) electrons. The lowest BCUT2D eigenvalue weighted by Gasteiger charge is -2.10. The van der Waals surface area contributed by atoms with Gasteiger partial charge >= 0.3 is 15.5 Å². The average molecular weight is 485 g/mol. The van der Waals surface area contributed by atoms with Crippen LogP contribution >= 0.6 is 0 Å². The number of fused-ring (bicyclic) bond motifs is 1. The molecule has 4 aromatic rings. The van der Waals surface area contributed by atoms with Gasteiger partial charge in [0.25, 0.3) is 0 Å². The van der Waals surface area contributed by atoms with Crippen molar-refractivity contribution in [1.82, 2.24) is 9.97 Å². The first-order chi connectivity index (χ1) is 16.0. The van der Waals surface area contributed by atoms with Gasteiger partial charge in [-0.05, 0) is 54.0 Å². The number of anilines is 1. The van der Waals surface area contributed by atoms with E-state index in [4.69, 9.17) is 0 Å². The second-order valence-electron chi connectivity index (χ2n) is 7.46. The number of H-pyrrole nitrogens is 1. The number of hydrogen-bond donors (Lipinski definition) is 2. The molecule has 0 aliphatic rings. The molecule has 0 bridgehead atoms. The van der Waals surface area contributed by atoms with Crippen LogP contribution in [-0.4, -0.2) is 29.7 Å². The topological polar surface area (TPSA) is 91.9 Å². The van der Waals surface area contributed by atoms with Gasteiger partial charge in [0, 0.05) is 11.3 Å². The summed E-state index contributed by atoms with van der Waals surface area (Å²) < 4.78 is 61.3. The molecule has 6 nitrogen and oxygen atoms in total. The van der Waals surface area contributed by atoms with Gasteiger partial charge in [0.1, 0.15) is 5.82 Å². The molecule has 1 heterocycles. The second kappa shape index (κ2) is 8.79. The van der Waals surface area contributed by atoms with Crippen molar-refractivity contribution in [2.75, 3.05) is 4.72 Å². The van der Waals surface area contributed by atoms with E-state index in [1.807, 2.05) is 36.4 Å². The molecule has 0 aliphatic carbocycles. The third kappa shape index (κ3) is 4.86. The summed E-state index contributed by atoms with van der Waals surface area (Å²) in [6.45, 7) is 1.52. The van der Waals surface area contributed by atoms with Crippen LogP contribution in [-0.2, 0) is 10.0 Å². The van der Waals surface area contributed by atoms with Gasteiger partial charge in [-0.1, -0.05) is 48.5 Å². The molecule has 2 N–H and O–H groups in total. The Morgan fingerprint density at radius 3 is 2.38 bits per heavy atom. The van der Waals surface area contributed by atoms with Gasteiger partial charge in [0.15, 0.2) is 5.78 Å². The lowest BCUT2D eigenvalue weighted by atomic mass is 9.97. The fourth-order valence-corrected chi connectivity index (χ4v) is 3.93. The third-order valence-electron chi connectivity index (χ3n) is 5.02. The molecule has 0 unspecified atom stereocenters. The highest BCUT2D eigenvalue weighted by molar-refractivity contribution is 7.93. The van der Waals surface area contributed by atoms with Crippen LogP contribution < -0.4 is 4.72 Å². The molecule has 0 fully saturated rings. The number of imidazole rings is 1. The summed E-state index contributed by atoms with van der Waals surface area (Å²) in [4.78, 5) is 19.6. The number of hydrogen-bond acceptors (Lipinski definition) is 4. The average Bonchev–Trinajstić information content (AvgIpc) is 3.20. The first kappa shape index (κ1) is 23.2. The fourth-order valence-electron chi connectivity index (χ4n) is 3.37. The highest BCUT2D eigenvalue weighted by atomic mass is 32.2. The van der Waals surface area contributed by atoms with Crippen molar-refractivity contribution in [3.05, 3.63) is 83.7 Å². The van der Waals surface area contributed by atoms with Gasteiger partial charge < -0.3 is 4.98 Å². The normalized spacial score (nSPS) is 12.4. The number of nitrogens with one attached hydrogen (secondary N) is 2. The Hall–Kier alpha value is -3.92. The highest BCUT2D eigenvalue weighted by Gasteiger charge is 2.45. The number of carbonyl (C=O) groups is 1. The van der Waals surface area contributed by atoms with Gasteiger partial charge in [0.2, 0.25) is 0 Å². The van der Waals surface area contributed by atoms with Crippen molar-refractivity contribution in [1.29, 1.82) is 0 Å². The predicted octanol–water partition coefficient (Wildman–Crippen LogP) is 5.86. The van der Waals surface area contributed by atoms with Crippen LogP contribution in [0.5, 0.6) is 0 Å². The fraction of sp³-hybridized carbons (Fsp3) is 0.0833. The second-order valence-corrected chi connectivity index (χ2v) is 9.14. The minimum absolute atomic E-state index is 0.0267. The number of aromatic nitrogens is 2. The van der Waals surface area contributed by atoms with Crippen LogP contribution in [0.1, 0.15) is 28.7 Å². The van der Waals surface area contributed by atoms with Crippen LogP contribution in [0.25, 0.3) is 34.3 Å². The maximum Gasteiger partial charge on any atom is 0.516 e. The molecular formula is C24H18F3N3O3S. The summed E-state index contributed by atoms with van der Waals surface area (Å²) in [5.41, 5.74) is -1.14. The number of rotatable bonds is 6. The lowest BCUT2D eigenvalue weighted by Crippen LogP contribution is -2.29. The van der Waals surface area contributed by atoms with Gasteiger partial charge in [-0.3, -0.25) is 9.52 Å². The molecule has 34 heavy (non-hydrogen) atoms. The van der Waals surface area contributed by atoms with E-state index in [1.165, 1.54) is 35.9 Å². The van der Waals surface area contributed by atoms with E-state index < -0.39 is 15.5 Å². The van der Waals surface area contributed by atoms with Crippen LogP contribution in [0, 0.1) is 0 Å². The van der Waals surface area contributed by atoms with E-state index in [0.29, 0.717) is 17.0 Å². The quantitative estimate of drug-likeness (QED) is 0.335. The predicted molar refractivity (Wildman–Crippen MR) is 126 cm³/mol. The summed E-state index contributed by atoms with van der Waals surface area (Å²) in [5, 5.41) is 0. The third-order valence-corrected chi connectivity index (χ3v) is 6.13. The molecule has 174 valence electrons. The standard InChI is InChI=1S/C24H18F3N3O3S/c1-15(31)19-4-2-3-5-20(19)17-9-12-21-22(14-17)29-23(28-21)13-8-16-6-10-18(11-7-16)30-34(32,33)24(25,26)27/h2-14,30H,1H3,(H,28,29). The molecule has 10 heteroatoms.